The number of hydrogen-bond acceptors (Lipinski definition) is 5. The molecule has 0 aliphatic heterocycles. The fourth-order valence-corrected chi connectivity index (χ4v) is 2.51. The van der Waals surface area contributed by atoms with Crippen LogP contribution < -0.4 is 4.74 Å². The maximum atomic E-state index is 11.5. The lowest BCUT2D eigenvalue weighted by atomic mass is 10.2. The number of ether oxygens (including phenoxy) is 4. The maximum absolute atomic E-state index is 11.5. The van der Waals surface area contributed by atoms with Crippen molar-refractivity contribution < 1.29 is 23.7 Å². The molecule has 0 N–H and O–H groups in total. The zero-order chi connectivity index (χ0) is 20.0. The minimum Gasteiger partial charge on any atom is -0.497 e. The molecule has 1 atom stereocenters. The first-order valence-corrected chi connectivity index (χ1v) is 9.40. The first-order chi connectivity index (χ1) is 13.7. The number of hydrogen-bond donors (Lipinski definition) is 0. The quantitative estimate of drug-likeness (QED) is 0.403. The molecular weight excluding hydrogens is 356 g/mol. The second kappa shape index (κ2) is 12.7. The second-order valence-corrected chi connectivity index (χ2v) is 6.17. The van der Waals surface area contributed by atoms with Crippen LogP contribution in [-0.4, -0.2) is 32.4 Å². The molecule has 0 bridgehead atoms. The maximum Gasteiger partial charge on any atom is 0.330 e. The van der Waals surface area contributed by atoms with Gasteiger partial charge in [-0.25, -0.2) is 4.79 Å². The Morgan fingerprint density at radius 3 is 2.39 bits per heavy atom. The van der Waals surface area contributed by atoms with E-state index in [2.05, 4.69) is 0 Å². The minimum absolute atomic E-state index is 0.170. The van der Waals surface area contributed by atoms with E-state index in [0.29, 0.717) is 32.8 Å². The molecule has 0 radical (unpaired) electrons. The van der Waals surface area contributed by atoms with Crippen molar-refractivity contribution in [2.75, 3.05) is 20.3 Å². The smallest absolute Gasteiger partial charge is 0.330 e. The highest BCUT2D eigenvalue weighted by Gasteiger charge is 2.09. The summed E-state index contributed by atoms with van der Waals surface area (Å²) in [5.41, 5.74) is 2.15. The highest BCUT2D eigenvalue weighted by Crippen LogP contribution is 2.14. The number of carbonyl (C=O) groups is 1. The van der Waals surface area contributed by atoms with Crippen LogP contribution in [0.1, 0.15) is 24.5 Å². The van der Waals surface area contributed by atoms with Gasteiger partial charge in [0.25, 0.3) is 0 Å². The van der Waals surface area contributed by atoms with Crippen molar-refractivity contribution in [3.05, 3.63) is 77.9 Å². The summed E-state index contributed by atoms with van der Waals surface area (Å²) in [4.78, 5) is 11.5. The molecular formula is C23H28O5. The lowest BCUT2D eigenvalue weighted by Gasteiger charge is -2.17. The molecule has 2 aromatic rings. The van der Waals surface area contributed by atoms with Crippen LogP contribution in [0.4, 0.5) is 0 Å². The number of benzene rings is 2. The highest BCUT2D eigenvalue weighted by molar-refractivity contribution is 5.81. The minimum atomic E-state index is -0.346. The molecule has 0 heterocycles. The van der Waals surface area contributed by atoms with Gasteiger partial charge in [0.2, 0.25) is 0 Å². The van der Waals surface area contributed by atoms with Gasteiger partial charge in [-0.3, -0.25) is 0 Å². The van der Waals surface area contributed by atoms with Crippen LogP contribution >= 0.6 is 0 Å². The lowest BCUT2D eigenvalue weighted by molar-refractivity contribution is -0.137. The zero-order valence-corrected chi connectivity index (χ0v) is 16.5. The first kappa shape index (κ1) is 21.7. The van der Waals surface area contributed by atoms with Crippen LogP contribution in [0, 0.1) is 0 Å². The average Bonchev–Trinajstić information content (AvgIpc) is 2.73. The van der Waals surface area contributed by atoms with E-state index in [1.165, 1.54) is 6.08 Å². The van der Waals surface area contributed by atoms with Gasteiger partial charge in [-0.05, 0) is 36.6 Å². The first-order valence-electron chi connectivity index (χ1n) is 9.40. The molecule has 28 heavy (non-hydrogen) atoms. The topological polar surface area (TPSA) is 54.0 Å². The molecule has 5 nitrogen and oxygen atoms in total. The van der Waals surface area contributed by atoms with Crippen LogP contribution in [0.25, 0.3) is 0 Å². The summed E-state index contributed by atoms with van der Waals surface area (Å²) >= 11 is 0. The summed E-state index contributed by atoms with van der Waals surface area (Å²) in [6.45, 7) is 3.55. The lowest BCUT2D eigenvalue weighted by Crippen LogP contribution is -2.19. The summed E-state index contributed by atoms with van der Waals surface area (Å²) in [6.07, 6.45) is 3.59. The third-order valence-corrected chi connectivity index (χ3v) is 4.00. The van der Waals surface area contributed by atoms with E-state index in [-0.39, 0.29) is 12.1 Å². The van der Waals surface area contributed by atoms with Gasteiger partial charge >= 0.3 is 5.97 Å². The van der Waals surface area contributed by atoms with E-state index in [1.54, 1.807) is 20.1 Å². The van der Waals surface area contributed by atoms with Crippen molar-refractivity contribution >= 4 is 5.97 Å². The normalized spacial score (nSPS) is 12.1. The van der Waals surface area contributed by atoms with Crippen LogP contribution in [0.3, 0.4) is 0 Å². The molecule has 0 fully saturated rings. The third-order valence-electron chi connectivity index (χ3n) is 4.00. The number of esters is 1. The molecule has 150 valence electrons. The molecule has 0 amide bonds. The fourth-order valence-electron chi connectivity index (χ4n) is 2.51. The number of methoxy groups -OCH3 is 1. The van der Waals surface area contributed by atoms with Gasteiger partial charge in [0, 0.05) is 6.08 Å². The van der Waals surface area contributed by atoms with Crippen molar-refractivity contribution in [2.24, 2.45) is 0 Å². The highest BCUT2D eigenvalue weighted by atomic mass is 16.5. The molecule has 2 aromatic carbocycles. The molecule has 0 aromatic heterocycles. The molecule has 2 rings (SSSR count). The Morgan fingerprint density at radius 1 is 1.00 bits per heavy atom. The predicted molar refractivity (Wildman–Crippen MR) is 108 cm³/mol. The van der Waals surface area contributed by atoms with Gasteiger partial charge in [0.1, 0.15) is 5.75 Å². The van der Waals surface area contributed by atoms with E-state index >= 15 is 0 Å². The van der Waals surface area contributed by atoms with Crippen LogP contribution in [0.15, 0.2) is 66.7 Å². The molecule has 0 saturated carbocycles. The standard InChI is InChI=1S/C23H28O5/c1-3-27-23(24)11-7-10-22(18-26-16-19-8-5-4-6-9-19)28-17-20-12-14-21(25-2)15-13-20/h4-9,11-15,22H,3,10,16-18H2,1-2H3/b11-7+/t22-/m1/s1. The largest absolute Gasteiger partial charge is 0.497 e. The number of carbonyl (C=O) groups excluding carboxylic acids is 1. The van der Waals surface area contributed by atoms with E-state index in [1.807, 2.05) is 54.6 Å². The summed E-state index contributed by atoms with van der Waals surface area (Å²) in [6, 6.07) is 17.7. The Kier molecular flexibility index (Phi) is 9.83. The van der Waals surface area contributed by atoms with Crippen LogP contribution in [0.2, 0.25) is 0 Å². The second-order valence-electron chi connectivity index (χ2n) is 6.17. The molecule has 0 unspecified atom stereocenters. The Labute approximate surface area is 166 Å². The molecule has 0 saturated heterocycles. The van der Waals surface area contributed by atoms with Gasteiger partial charge in [-0.2, -0.15) is 0 Å². The molecule has 5 heteroatoms. The van der Waals surface area contributed by atoms with E-state index in [0.717, 1.165) is 16.9 Å². The van der Waals surface area contributed by atoms with Crippen molar-refractivity contribution in [3.8, 4) is 5.75 Å². The van der Waals surface area contributed by atoms with Gasteiger partial charge < -0.3 is 18.9 Å². The SMILES string of the molecule is CCOC(=O)/C=C/C[C@H](COCc1ccccc1)OCc1ccc(OC)cc1. The van der Waals surface area contributed by atoms with E-state index in [9.17, 15) is 4.79 Å². The average molecular weight is 384 g/mol. The van der Waals surface area contributed by atoms with Crippen LogP contribution in [-0.2, 0) is 32.2 Å². The zero-order valence-electron chi connectivity index (χ0n) is 16.5. The molecule has 0 aliphatic carbocycles. The van der Waals surface area contributed by atoms with Gasteiger partial charge in [-0.1, -0.05) is 48.5 Å². The van der Waals surface area contributed by atoms with Gasteiger partial charge in [0.15, 0.2) is 0 Å². The van der Waals surface area contributed by atoms with E-state index in [4.69, 9.17) is 18.9 Å². The Balaban J connectivity index is 1.87. The third kappa shape index (κ3) is 8.37. The predicted octanol–water partition coefficient (Wildman–Crippen LogP) is 4.31. The van der Waals surface area contributed by atoms with Crippen molar-refractivity contribution in [3.63, 3.8) is 0 Å². The van der Waals surface area contributed by atoms with Crippen molar-refractivity contribution in [1.82, 2.24) is 0 Å². The summed E-state index contributed by atoms with van der Waals surface area (Å²) in [7, 11) is 1.64. The van der Waals surface area contributed by atoms with Gasteiger partial charge in [-0.15, -0.1) is 0 Å². The van der Waals surface area contributed by atoms with Gasteiger partial charge in [0.05, 0.1) is 39.6 Å². The Morgan fingerprint density at radius 2 is 1.71 bits per heavy atom. The molecule has 0 spiro atoms. The molecule has 0 aliphatic rings. The Bertz CT molecular complexity index is 710. The van der Waals surface area contributed by atoms with E-state index < -0.39 is 0 Å². The number of rotatable bonds is 12. The Hall–Kier alpha value is -2.63. The van der Waals surface area contributed by atoms with Crippen molar-refractivity contribution in [2.45, 2.75) is 32.7 Å². The summed E-state index contributed by atoms with van der Waals surface area (Å²) < 4.78 is 21.9. The monoisotopic (exact) mass is 384 g/mol. The van der Waals surface area contributed by atoms with Crippen LogP contribution in [0.5, 0.6) is 5.75 Å². The summed E-state index contributed by atoms with van der Waals surface area (Å²) in [5.74, 6) is 0.463. The van der Waals surface area contributed by atoms with Crippen molar-refractivity contribution in [1.29, 1.82) is 0 Å². The summed E-state index contributed by atoms with van der Waals surface area (Å²) in [5, 5.41) is 0. The fraction of sp³-hybridized carbons (Fsp3) is 0.348.